The van der Waals surface area contributed by atoms with Crippen molar-refractivity contribution in [1.82, 2.24) is 5.32 Å². The molecule has 2 heterocycles. The van der Waals surface area contributed by atoms with Gasteiger partial charge in [-0.05, 0) is 73.5 Å². The van der Waals surface area contributed by atoms with E-state index in [-0.39, 0.29) is 18.1 Å². The Morgan fingerprint density at radius 2 is 1.19 bits per heavy atom. The lowest BCUT2D eigenvalue weighted by Crippen LogP contribution is -2.36. The van der Waals surface area contributed by atoms with Gasteiger partial charge in [0, 0.05) is 33.8 Å². The van der Waals surface area contributed by atoms with E-state index in [0.717, 1.165) is 33.7 Å². The first-order valence-electron chi connectivity index (χ1n) is 18.4. The van der Waals surface area contributed by atoms with Crippen LogP contribution in [0.4, 0.5) is 11.4 Å². The molecule has 0 bridgehead atoms. The van der Waals surface area contributed by atoms with Crippen molar-refractivity contribution < 1.29 is 0 Å². The van der Waals surface area contributed by atoms with Crippen LogP contribution in [0.15, 0.2) is 186 Å². The van der Waals surface area contributed by atoms with Crippen LogP contribution in [-0.4, -0.2) is 17.7 Å². The molecule has 1 aliphatic carbocycles. The Morgan fingerprint density at radius 3 is 2.08 bits per heavy atom. The maximum Gasteiger partial charge on any atom is 0.169 e. The van der Waals surface area contributed by atoms with Gasteiger partial charge in [-0.2, -0.15) is 0 Å². The minimum Gasteiger partial charge on any atom is -0.333 e. The Kier molecular flexibility index (Phi) is 6.71. The lowest BCUT2D eigenvalue weighted by atomic mass is 9.80. The number of aliphatic imine (C=N–C) groups is 2. The molecule has 0 saturated heterocycles. The summed E-state index contributed by atoms with van der Waals surface area (Å²) in [7, 11) is 0. The molecule has 3 aliphatic rings. The number of rotatable bonds is 4. The average molecular weight is 679 g/mol. The van der Waals surface area contributed by atoms with Crippen molar-refractivity contribution in [3.05, 3.63) is 209 Å². The molecule has 11 rings (SSSR count). The second kappa shape index (κ2) is 11.9. The molecule has 0 fully saturated rings. The number of anilines is 2. The fourth-order valence-electron chi connectivity index (χ4n) is 8.82. The molecule has 0 amide bonds. The summed E-state index contributed by atoms with van der Waals surface area (Å²) in [4.78, 5) is 13.1. The van der Waals surface area contributed by atoms with E-state index in [9.17, 15) is 0 Å². The minimum atomic E-state index is -0.376. The van der Waals surface area contributed by atoms with E-state index in [4.69, 9.17) is 9.98 Å². The SMILES string of the molecule is C1=CC2C(c3ccccc31)c1c(ccc3ccccc13)N2c1ccc(C2=NC(c3ccccc3)N=C(c3ccc4ccccc4c3)N2)c2ccccc12. The molecule has 8 aromatic rings. The first-order chi connectivity index (χ1) is 26.3. The third kappa shape index (κ3) is 4.76. The van der Waals surface area contributed by atoms with Gasteiger partial charge in [0.2, 0.25) is 0 Å². The predicted molar refractivity (Wildman–Crippen MR) is 220 cm³/mol. The second-order valence-electron chi connectivity index (χ2n) is 14.2. The van der Waals surface area contributed by atoms with E-state index in [0.29, 0.717) is 0 Å². The molecule has 3 unspecified atom stereocenters. The van der Waals surface area contributed by atoms with Gasteiger partial charge in [-0.1, -0.05) is 158 Å². The molecule has 8 aromatic carbocycles. The number of benzene rings is 8. The van der Waals surface area contributed by atoms with Crippen molar-refractivity contribution >= 4 is 61.4 Å². The zero-order valence-corrected chi connectivity index (χ0v) is 28.9. The van der Waals surface area contributed by atoms with Crippen LogP contribution < -0.4 is 10.2 Å². The smallest absolute Gasteiger partial charge is 0.169 e. The molecule has 0 saturated carbocycles. The summed E-state index contributed by atoms with van der Waals surface area (Å²) in [6.45, 7) is 0. The number of nitrogens with one attached hydrogen (secondary N) is 1. The Hall–Kier alpha value is -6.78. The second-order valence-corrected chi connectivity index (χ2v) is 14.2. The van der Waals surface area contributed by atoms with Gasteiger partial charge in [0.25, 0.3) is 0 Å². The highest BCUT2D eigenvalue weighted by molar-refractivity contribution is 6.21. The van der Waals surface area contributed by atoms with E-state index < -0.39 is 0 Å². The zero-order valence-electron chi connectivity index (χ0n) is 28.9. The van der Waals surface area contributed by atoms with Crippen molar-refractivity contribution in [3.8, 4) is 0 Å². The molecule has 4 heteroatoms. The third-order valence-electron chi connectivity index (χ3n) is 11.2. The molecule has 0 aromatic heterocycles. The molecule has 2 aliphatic heterocycles. The van der Waals surface area contributed by atoms with Crippen molar-refractivity contribution in [3.63, 3.8) is 0 Å². The largest absolute Gasteiger partial charge is 0.333 e. The fraction of sp³-hybridized carbons (Fsp3) is 0.0612. The molecular weight excluding hydrogens is 645 g/mol. The molecule has 0 spiro atoms. The molecule has 4 nitrogen and oxygen atoms in total. The summed E-state index contributed by atoms with van der Waals surface area (Å²) >= 11 is 0. The van der Waals surface area contributed by atoms with Gasteiger partial charge >= 0.3 is 0 Å². The van der Waals surface area contributed by atoms with E-state index in [2.05, 4.69) is 186 Å². The van der Waals surface area contributed by atoms with E-state index in [1.807, 2.05) is 6.07 Å². The van der Waals surface area contributed by atoms with Crippen LogP contribution in [0.2, 0.25) is 0 Å². The molecule has 3 atom stereocenters. The van der Waals surface area contributed by atoms with Gasteiger partial charge in [-0.15, -0.1) is 0 Å². The lowest BCUT2D eigenvalue weighted by molar-refractivity contribution is 0.728. The van der Waals surface area contributed by atoms with Crippen LogP contribution in [-0.2, 0) is 0 Å². The van der Waals surface area contributed by atoms with Crippen LogP contribution in [0, 0.1) is 0 Å². The van der Waals surface area contributed by atoms with E-state index in [1.54, 1.807) is 0 Å². The third-order valence-corrected chi connectivity index (χ3v) is 11.2. The molecule has 1 N–H and O–H groups in total. The highest BCUT2D eigenvalue weighted by Crippen LogP contribution is 2.54. The van der Waals surface area contributed by atoms with E-state index in [1.165, 1.54) is 55.0 Å². The maximum absolute atomic E-state index is 5.29. The summed E-state index contributed by atoms with van der Waals surface area (Å²) in [6, 6.07) is 61.2. The molecular formula is C49H34N4. The molecule has 0 radical (unpaired) electrons. The Morgan fingerprint density at radius 1 is 0.509 bits per heavy atom. The summed E-state index contributed by atoms with van der Waals surface area (Å²) in [5.74, 6) is 1.85. The van der Waals surface area contributed by atoms with Crippen molar-refractivity contribution in [2.75, 3.05) is 4.90 Å². The standard InChI is InChI=1S/C49H34N4/c1-2-15-34(16-3-1)47-50-48(36-23-22-31-12-4-5-17-35(31)30-36)52-49(51-47)41-26-29-42(40-21-11-10-20-39(40)41)53-43-27-24-32-13-6-8-18-37(32)45(43)46-38-19-9-7-14-33(38)25-28-44(46)53/h1-30,43,45,47H,(H,50,51,52). The van der Waals surface area contributed by atoms with Gasteiger partial charge < -0.3 is 10.2 Å². The van der Waals surface area contributed by atoms with Gasteiger partial charge in [0.05, 0.1) is 6.04 Å². The first-order valence-corrected chi connectivity index (χ1v) is 18.4. The summed E-state index contributed by atoms with van der Waals surface area (Å²) in [5.41, 5.74) is 9.69. The number of hydrogen-bond acceptors (Lipinski definition) is 4. The van der Waals surface area contributed by atoms with Gasteiger partial charge in [-0.3, -0.25) is 0 Å². The van der Waals surface area contributed by atoms with Crippen molar-refractivity contribution in [1.29, 1.82) is 0 Å². The predicted octanol–water partition coefficient (Wildman–Crippen LogP) is 11.3. The maximum atomic E-state index is 5.29. The summed E-state index contributed by atoms with van der Waals surface area (Å²) < 4.78 is 0. The highest BCUT2D eigenvalue weighted by atomic mass is 15.2. The number of hydrogen-bond donors (Lipinski definition) is 1. The molecule has 250 valence electrons. The number of amidine groups is 2. The number of nitrogens with zero attached hydrogens (tertiary/aromatic N) is 3. The Balaban J connectivity index is 1.07. The normalized spacial score (nSPS) is 18.6. The van der Waals surface area contributed by atoms with E-state index >= 15 is 0 Å². The van der Waals surface area contributed by atoms with Crippen LogP contribution in [0.5, 0.6) is 0 Å². The van der Waals surface area contributed by atoms with Crippen LogP contribution >= 0.6 is 0 Å². The topological polar surface area (TPSA) is 40.0 Å². The molecule has 53 heavy (non-hydrogen) atoms. The van der Waals surface area contributed by atoms with Crippen LogP contribution in [0.3, 0.4) is 0 Å². The lowest BCUT2D eigenvalue weighted by Gasteiger charge is -2.32. The zero-order chi connectivity index (χ0) is 34.9. The quantitative estimate of drug-likeness (QED) is 0.201. The summed E-state index contributed by atoms with van der Waals surface area (Å²) in [6.07, 6.45) is 4.35. The highest BCUT2D eigenvalue weighted by Gasteiger charge is 2.42. The fourth-order valence-corrected chi connectivity index (χ4v) is 8.82. The van der Waals surface area contributed by atoms with Gasteiger partial charge in [0.1, 0.15) is 11.7 Å². The van der Waals surface area contributed by atoms with Crippen LogP contribution in [0.1, 0.15) is 45.5 Å². The van der Waals surface area contributed by atoms with Gasteiger partial charge in [0.15, 0.2) is 6.17 Å². The summed E-state index contributed by atoms with van der Waals surface area (Å²) in [5, 5.41) is 11.0. The number of fused-ring (bicyclic) bond motifs is 9. The van der Waals surface area contributed by atoms with Crippen molar-refractivity contribution in [2.45, 2.75) is 18.1 Å². The Labute approximate surface area is 308 Å². The van der Waals surface area contributed by atoms with Gasteiger partial charge in [-0.25, -0.2) is 9.98 Å². The minimum absolute atomic E-state index is 0.138. The monoisotopic (exact) mass is 678 g/mol. The van der Waals surface area contributed by atoms with Crippen LogP contribution in [0.25, 0.3) is 38.4 Å². The Bertz CT molecular complexity index is 2850. The van der Waals surface area contributed by atoms with Crippen molar-refractivity contribution in [2.24, 2.45) is 9.98 Å². The first kappa shape index (κ1) is 29.9. The average Bonchev–Trinajstić information content (AvgIpc) is 3.58.